The zero-order valence-corrected chi connectivity index (χ0v) is 18.4. The smallest absolute Gasteiger partial charge is 0.312 e. The lowest BCUT2D eigenvalue weighted by Crippen LogP contribution is -2.27. The highest BCUT2D eigenvalue weighted by molar-refractivity contribution is 6.35. The van der Waals surface area contributed by atoms with Crippen molar-refractivity contribution in [1.29, 1.82) is 0 Å². The molecule has 0 fully saturated rings. The van der Waals surface area contributed by atoms with Crippen LogP contribution < -0.4 is 10.1 Å². The maximum atomic E-state index is 12.4. The predicted molar refractivity (Wildman–Crippen MR) is 118 cm³/mol. The summed E-state index contributed by atoms with van der Waals surface area (Å²) in [4.78, 5) is 23.0. The fourth-order valence-electron chi connectivity index (χ4n) is 3.05. The van der Waals surface area contributed by atoms with Crippen molar-refractivity contribution in [2.75, 3.05) is 6.54 Å². The maximum Gasteiger partial charge on any atom is 0.312 e. The van der Waals surface area contributed by atoms with Crippen LogP contribution in [0.25, 0.3) is 0 Å². The van der Waals surface area contributed by atoms with E-state index in [4.69, 9.17) is 27.9 Å². The van der Waals surface area contributed by atoms with E-state index in [1.165, 1.54) is 4.68 Å². The summed E-state index contributed by atoms with van der Waals surface area (Å²) >= 11 is 12.0. The Balaban J connectivity index is 1.52. The summed E-state index contributed by atoms with van der Waals surface area (Å²) in [7, 11) is 0. The highest BCUT2D eigenvalue weighted by Gasteiger charge is 2.21. The van der Waals surface area contributed by atoms with Gasteiger partial charge in [-0.15, -0.1) is 0 Å². The number of benzene rings is 2. The molecule has 0 saturated carbocycles. The molecule has 1 N–H and O–H groups in total. The summed E-state index contributed by atoms with van der Waals surface area (Å²) in [6.07, 6.45) is 0. The second kappa shape index (κ2) is 9.80. The molecule has 0 atom stereocenters. The van der Waals surface area contributed by atoms with Crippen molar-refractivity contribution in [3.8, 4) is 5.75 Å². The molecule has 31 heavy (non-hydrogen) atoms. The van der Waals surface area contributed by atoms with Crippen LogP contribution in [0.2, 0.25) is 10.0 Å². The van der Waals surface area contributed by atoms with Crippen molar-refractivity contribution in [3.05, 3.63) is 85.1 Å². The first kappa shape index (κ1) is 22.6. The number of hydrogen-bond acceptors (Lipinski definition) is 5. The van der Waals surface area contributed by atoms with Crippen LogP contribution in [0.1, 0.15) is 27.3 Å². The minimum absolute atomic E-state index is 0.00372. The average Bonchev–Trinajstić information content (AvgIpc) is 3.01. The summed E-state index contributed by atoms with van der Waals surface area (Å²) in [5.41, 5.74) is 2.18. The van der Waals surface area contributed by atoms with Gasteiger partial charge in [-0.3, -0.25) is 19.6 Å². The monoisotopic (exact) mass is 462 g/mol. The fourth-order valence-corrected chi connectivity index (χ4v) is 3.52. The van der Waals surface area contributed by atoms with Crippen LogP contribution in [0.4, 0.5) is 5.69 Å². The SMILES string of the molecule is Cc1nn(CCNC(=O)c2ccc(COc3ccc(Cl)cc3Cl)cc2)c(C)c1[N+](=O)[O-]. The van der Waals surface area contributed by atoms with Gasteiger partial charge in [-0.05, 0) is 49.7 Å². The molecule has 1 amide bonds. The van der Waals surface area contributed by atoms with E-state index < -0.39 is 4.92 Å². The molecule has 0 bridgehead atoms. The lowest BCUT2D eigenvalue weighted by Gasteiger charge is -2.09. The number of halogens is 2. The Kier molecular flexibility index (Phi) is 7.14. The van der Waals surface area contributed by atoms with Crippen LogP contribution in [0.15, 0.2) is 42.5 Å². The summed E-state index contributed by atoms with van der Waals surface area (Å²) in [5, 5.41) is 19.0. The molecule has 0 radical (unpaired) electrons. The molecule has 0 unspecified atom stereocenters. The first-order chi connectivity index (χ1) is 14.8. The number of aromatic nitrogens is 2. The van der Waals surface area contributed by atoms with E-state index >= 15 is 0 Å². The van der Waals surface area contributed by atoms with Gasteiger partial charge in [0.05, 0.1) is 16.5 Å². The molecule has 8 nitrogen and oxygen atoms in total. The van der Waals surface area contributed by atoms with Gasteiger partial charge in [0.15, 0.2) is 0 Å². The third-order valence-corrected chi connectivity index (χ3v) is 5.17. The van der Waals surface area contributed by atoms with Crippen molar-refractivity contribution in [2.45, 2.75) is 27.0 Å². The molecule has 10 heteroatoms. The summed E-state index contributed by atoms with van der Waals surface area (Å²) < 4.78 is 7.21. The number of hydrogen-bond donors (Lipinski definition) is 1. The minimum atomic E-state index is -0.446. The standard InChI is InChI=1S/C21H20Cl2N4O4/c1-13-20(27(29)30)14(2)26(25-13)10-9-24-21(28)16-5-3-15(4-6-16)12-31-19-8-7-17(22)11-18(19)23/h3-8,11H,9-10,12H2,1-2H3,(H,24,28). The lowest BCUT2D eigenvalue weighted by atomic mass is 10.1. The quantitative estimate of drug-likeness (QED) is 0.385. The van der Waals surface area contributed by atoms with Crippen molar-refractivity contribution in [1.82, 2.24) is 15.1 Å². The van der Waals surface area contributed by atoms with Gasteiger partial charge in [-0.25, -0.2) is 0 Å². The topological polar surface area (TPSA) is 99.3 Å². The Labute approximate surface area is 188 Å². The van der Waals surface area contributed by atoms with E-state index in [2.05, 4.69) is 10.4 Å². The molecule has 2 aromatic carbocycles. The van der Waals surface area contributed by atoms with Gasteiger partial charge in [0, 0.05) is 17.1 Å². The normalized spacial score (nSPS) is 10.7. The van der Waals surface area contributed by atoms with Crippen molar-refractivity contribution < 1.29 is 14.5 Å². The number of nitrogens with one attached hydrogen (secondary N) is 1. The molecule has 1 heterocycles. The zero-order chi connectivity index (χ0) is 22.5. The Morgan fingerprint density at radius 1 is 1.19 bits per heavy atom. The molecular formula is C21H20Cl2N4O4. The molecule has 0 spiro atoms. The Morgan fingerprint density at radius 2 is 1.90 bits per heavy atom. The molecule has 3 rings (SSSR count). The second-order valence-corrected chi connectivity index (χ2v) is 7.66. The van der Waals surface area contributed by atoms with E-state index in [-0.39, 0.29) is 18.1 Å². The van der Waals surface area contributed by atoms with Gasteiger partial charge >= 0.3 is 5.69 Å². The highest BCUT2D eigenvalue weighted by atomic mass is 35.5. The van der Waals surface area contributed by atoms with Crippen LogP contribution in [0.5, 0.6) is 5.75 Å². The number of aryl methyl sites for hydroxylation is 1. The molecule has 162 valence electrons. The van der Waals surface area contributed by atoms with E-state index in [1.807, 2.05) is 0 Å². The fraction of sp³-hybridized carbons (Fsp3) is 0.238. The van der Waals surface area contributed by atoms with Gasteiger partial charge in [0.1, 0.15) is 23.7 Å². The third-order valence-electron chi connectivity index (χ3n) is 4.64. The van der Waals surface area contributed by atoms with Crippen LogP contribution in [0, 0.1) is 24.0 Å². The second-order valence-electron chi connectivity index (χ2n) is 6.82. The summed E-state index contributed by atoms with van der Waals surface area (Å²) in [5.74, 6) is 0.279. The van der Waals surface area contributed by atoms with Crippen LogP contribution in [-0.2, 0) is 13.2 Å². The number of nitro groups is 1. The van der Waals surface area contributed by atoms with Crippen molar-refractivity contribution in [2.24, 2.45) is 0 Å². The largest absolute Gasteiger partial charge is 0.487 e. The van der Waals surface area contributed by atoms with Gasteiger partial charge in [0.2, 0.25) is 0 Å². The number of ether oxygens (including phenoxy) is 1. The molecule has 3 aromatic rings. The molecule has 0 aliphatic heterocycles. The van der Waals surface area contributed by atoms with Gasteiger partial charge in [0.25, 0.3) is 5.91 Å². The summed E-state index contributed by atoms with van der Waals surface area (Å²) in [6.45, 7) is 4.14. The number of carbonyl (C=O) groups is 1. The van der Waals surface area contributed by atoms with E-state index in [0.29, 0.717) is 45.9 Å². The molecule has 0 saturated heterocycles. The van der Waals surface area contributed by atoms with Crippen LogP contribution in [-0.4, -0.2) is 27.2 Å². The first-order valence-corrected chi connectivity index (χ1v) is 10.1. The van der Waals surface area contributed by atoms with E-state index in [9.17, 15) is 14.9 Å². The van der Waals surface area contributed by atoms with Gasteiger partial charge in [-0.2, -0.15) is 5.10 Å². The number of rotatable bonds is 8. The highest BCUT2D eigenvalue weighted by Crippen LogP contribution is 2.28. The minimum Gasteiger partial charge on any atom is -0.487 e. The van der Waals surface area contributed by atoms with Crippen molar-refractivity contribution in [3.63, 3.8) is 0 Å². The molecule has 0 aliphatic carbocycles. The number of amides is 1. The zero-order valence-electron chi connectivity index (χ0n) is 16.9. The van der Waals surface area contributed by atoms with E-state index in [0.717, 1.165) is 5.56 Å². The number of nitrogens with zero attached hydrogens (tertiary/aromatic N) is 3. The lowest BCUT2D eigenvalue weighted by molar-refractivity contribution is -0.386. The Bertz CT molecular complexity index is 1110. The predicted octanol–water partition coefficient (Wildman–Crippen LogP) is 4.72. The molecule has 1 aromatic heterocycles. The average molecular weight is 463 g/mol. The Hall–Kier alpha value is -3.10. The van der Waals surface area contributed by atoms with Gasteiger partial charge < -0.3 is 10.1 Å². The maximum absolute atomic E-state index is 12.4. The van der Waals surface area contributed by atoms with Crippen LogP contribution in [0.3, 0.4) is 0 Å². The third kappa shape index (κ3) is 5.53. The van der Waals surface area contributed by atoms with Crippen molar-refractivity contribution >= 4 is 34.8 Å². The number of carbonyl (C=O) groups excluding carboxylic acids is 1. The molecular weight excluding hydrogens is 443 g/mol. The Morgan fingerprint density at radius 3 is 2.52 bits per heavy atom. The van der Waals surface area contributed by atoms with E-state index in [1.54, 1.807) is 56.3 Å². The first-order valence-electron chi connectivity index (χ1n) is 9.39. The summed E-state index contributed by atoms with van der Waals surface area (Å²) in [6, 6.07) is 12.0. The van der Waals surface area contributed by atoms with Gasteiger partial charge in [-0.1, -0.05) is 35.3 Å². The molecule has 0 aliphatic rings. The van der Waals surface area contributed by atoms with Crippen LogP contribution >= 0.6 is 23.2 Å².